The molecule has 0 saturated heterocycles. The molecule has 1 amide bonds. The zero-order valence-electron chi connectivity index (χ0n) is 10.2. The zero-order chi connectivity index (χ0) is 12.6. The fourth-order valence-electron chi connectivity index (χ4n) is 0.968. The van der Waals surface area contributed by atoms with Gasteiger partial charge in [0.15, 0.2) is 0 Å². The van der Waals surface area contributed by atoms with Crippen molar-refractivity contribution in [1.82, 2.24) is 5.32 Å². The third kappa shape index (κ3) is 7.96. The van der Waals surface area contributed by atoms with Gasteiger partial charge in [0.25, 0.3) is 0 Å². The van der Waals surface area contributed by atoms with Gasteiger partial charge in [-0.15, -0.1) is 11.8 Å². The van der Waals surface area contributed by atoms with Crippen LogP contribution in [0, 0.1) is 0 Å². The molecule has 7 heteroatoms. The molecule has 0 bridgehead atoms. The second-order valence-corrected chi connectivity index (χ2v) is 12.6. The van der Waals surface area contributed by atoms with Crippen LogP contribution in [0.2, 0.25) is 0 Å². The lowest BCUT2D eigenvalue weighted by Gasteiger charge is -2.19. The van der Waals surface area contributed by atoms with Crippen LogP contribution in [-0.4, -0.2) is 36.1 Å². The Morgan fingerprint density at radius 3 is 2.69 bits per heavy atom. The summed E-state index contributed by atoms with van der Waals surface area (Å²) in [6.07, 6.45) is 0. The van der Waals surface area contributed by atoms with Crippen LogP contribution in [0.1, 0.15) is 20.8 Å². The Labute approximate surface area is 112 Å². The van der Waals surface area contributed by atoms with E-state index in [-0.39, 0.29) is 11.2 Å². The Hall–Kier alpha value is 0.780. The van der Waals surface area contributed by atoms with Gasteiger partial charge in [-0.05, 0) is 26.3 Å². The molecule has 0 aliphatic carbocycles. The highest BCUT2D eigenvalue weighted by Gasteiger charge is 2.21. The van der Waals surface area contributed by atoms with Crippen LogP contribution >= 0.6 is 28.6 Å². The van der Waals surface area contributed by atoms with Crippen LogP contribution in [0.25, 0.3) is 0 Å². The Morgan fingerprint density at radius 1 is 1.56 bits per heavy atom. The van der Waals surface area contributed by atoms with Gasteiger partial charge in [0.05, 0.1) is 11.1 Å². The monoisotopic (exact) mass is 301 g/mol. The summed E-state index contributed by atoms with van der Waals surface area (Å²) in [5.41, 5.74) is -1.86. The maximum Gasteiger partial charge on any atom is 0.233 e. The smallest absolute Gasteiger partial charge is 0.233 e. The normalized spacial score (nSPS) is 16.5. The molecule has 96 valence electrons. The van der Waals surface area contributed by atoms with E-state index in [1.54, 1.807) is 11.8 Å². The van der Waals surface area contributed by atoms with E-state index in [4.69, 9.17) is 16.3 Å². The summed E-state index contributed by atoms with van der Waals surface area (Å²) in [5, 5.41) is 2.73. The molecule has 2 unspecified atom stereocenters. The minimum atomic E-state index is -1.86. The lowest BCUT2D eigenvalue weighted by molar-refractivity contribution is -0.119. The second kappa shape index (κ2) is 8.81. The number of rotatable bonds is 8. The minimum Gasteiger partial charge on any atom is -0.346 e. The SMILES string of the molecule is CCOP(C)(=S)SC(C)C(=O)NCSCC. The predicted molar refractivity (Wildman–Crippen MR) is 80.0 cm³/mol. The molecule has 0 saturated carbocycles. The Kier molecular flexibility index (Phi) is 9.24. The summed E-state index contributed by atoms with van der Waals surface area (Å²) in [7, 11) is 0. The summed E-state index contributed by atoms with van der Waals surface area (Å²) < 4.78 is 5.48. The predicted octanol–water partition coefficient (Wildman–Crippen LogP) is 2.91. The Morgan fingerprint density at radius 2 is 2.19 bits per heavy atom. The Bertz CT molecular complexity index is 263. The van der Waals surface area contributed by atoms with Crippen molar-refractivity contribution < 1.29 is 9.32 Å². The van der Waals surface area contributed by atoms with E-state index in [9.17, 15) is 4.79 Å². The molecule has 0 aromatic carbocycles. The molecule has 1 N–H and O–H groups in total. The third-order valence-electron chi connectivity index (χ3n) is 1.64. The van der Waals surface area contributed by atoms with Crippen LogP contribution in [0.5, 0.6) is 0 Å². The number of carbonyl (C=O) groups is 1. The summed E-state index contributed by atoms with van der Waals surface area (Å²) in [5.74, 6) is 1.72. The van der Waals surface area contributed by atoms with E-state index >= 15 is 0 Å². The van der Waals surface area contributed by atoms with Crippen LogP contribution in [0.15, 0.2) is 0 Å². The lowest BCUT2D eigenvalue weighted by atomic mass is 10.4. The molecule has 3 nitrogen and oxygen atoms in total. The van der Waals surface area contributed by atoms with Gasteiger partial charge >= 0.3 is 0 Å². The first kappa shape index (κ1) is 16.8. The molecule has 0 rings (SSSR count). The molecular formula is C9H20NO2PS3. The second-order valence-electron chi connectivity index (χ2n) is 3.11. The highest BCUT2D eigenvalue weighted by molar-refractivity contribution is 8.69. The molecule has 0 aromatic heterocycles. The van der Waals surface area contributed by atoms with Crippen LogP contribution in [0.3, 0.4) is 0 Å². The highest BCUT2D eigenvalue weighted by atomic mass is 32.9. The average Bonchev–Trinajstić information content (AvgIpc) is 2.16. The topological polar surface area (TPSA) is 38.3 Å². The molecule has 0 aromatic rings. The number of hydrogen-bond donors (Lipinski definition) is 1. The summed E-state index contributed by atoms with van der Waals surface area (Å²) in [6.45, 7) is 8.39. The quantitative estimate of drug-likeness (QED) is 0.424. The van der Waals surface area contributed by atoms with Gasteiger partial charge in [0, 0.05) is 6.61 Å². The van der Waals surface area contributed by atoms with Crippen molar-refractivity contribution in [2.24, 2.45) is 0 Å². The maximum absolute atomic E-state index is 11.7. The minimum absolute atomic E-state index is 0.0433. The van der Waals surface area contributed by atoms with Crippen molar-refractivity contribution in [2.45, 2.75) is 26.0 Å². The summed E-state index contributed by atoms with van der Waals surface area (Å²) in [6, 6.07) is 0. The maximum atomic E-state index is 11.7. The van der Waals surface area contributed by atoms with E-state index < -0.39 is 5.47 Å². The molecule has 0 heterocycles. The fraction of sp³-hybridized carbons (Fsp3) is 0.889. The summed E-state index contributed by atoms with van der Waals surface area (Å²) in [4.78, 5) is 11.7. The van der Waals surface area contributed by atoms with E-state index in [1.807, 2.05) is 20.5 Å². The first-order valence-corrected chi connectivity index (χ1v) is 11.0. The van der Waals surface area contributed by atoms with Crippen molar-refractivity contribution in [2.75, 3.05) is 24.9 Å². The first-order valence-electron chi connectivity index (χ1n) is 5.18. The lowest BCUT2D eigenvalue weighted by Crippen LogP contribution is -2.30. The largest absolute Gasteiger partial charge is 0.346 e. The van der Waals surface area contributed by atoms with Gasteiger partial charge < -0.3 is 9.84 Å². The molecule has 0 radical (unpaired) electrons. The van der Waals surface area contributed by atoms with Gasteiger partial charge in [-0.1, -0.05) is 30.1 Å². The number of hydrogen-bond acceptors (Lipinski definition) is 5. The van der Waals surface area contributed by atoms with Crippen LogP contribution in [0.4, 0.5) is 0 Å². The van der Waals surface area contributed by atoms with Crippen LogP contribution in [-0.2, 0) is 21.1 Å². The number of amides is 1. The van der Waals surface area contributed by atoms with Crippen molar-refractivity contribution in [1.29, 1.82) is 0 Å². The zero-order valence-corrected chi connectivity index (χ0v) is 13.5. The standard InChI is InChI=1S/C9H20NO2PS3/c1-5-12-13(4,14)16-8(3)9(11)10-7-15-6-2/h8H,5-7H2,1-4H3,(H,10,11). The average molecular weight is 301 g/mol. The third-order valence-corrected chi connectivity index (χ3v) is 7.54. The van der Waals surface area contributed by atoms with Gasteiger partial charge in [-0.3, -0.25) is 4.79 Å². The van der Waals surface area contributed by atoms with E-state index in [0.717, 1.165) is 5.75 Å². The fourth-order valence-corrected chi connectivity index (χ4v) is 6.69. The summed E-state index contributed by atoms with van der Waals surface area (Å²) >= 11 is 8.51. The first-order chi connectivity index (χ1) is 7.43. The Balaban J connectivity index is 3.99. The van der Waals surface area contributed by atoms with Gasteiger partial charge in [0.1, 0.15) is 5.47 Å². The number of thioether (sulfide) groups is 1. The molecular weight excluding hydrogens is 281 g/mol. The van der Waals surface area contributed by atoms with Crippen LogP contribution < -0.4 is 5.32 Å². The molecule has 0 fully saturated rings. The van der Waals surface area contributed by atoms with Crippen molar-refractivity contribution in [3.8, 4) is 0 Å². The van der Waals surface area contributed by atoms with E-state index in [1.165, 1.54) is 11.4 Å². The van der Waals surface area contributed by atoms with E-state index in [2.05, 4.69) is 12.2 Å². The number of carbonyl (C=O) groups excluding carboxylic acids is 1. The van der Waals surface area contributed by atoms with Crippen molar-refractivity contribution >= 4 is 46.3 Å². The van der Waals surface area contributed by atoms with Gasteiger partial charge in [-0.2, -0.15) is 0 Å². The van der Waals surface area contributed by atoms with E-state index in [0.29, 0.717) is 12.5 Å². The molecule has 0 spiro atoms. The molecule has 2 atom stereocenters. The molecule has 16 heavy (non-hydrogen) atoms. The molecule has 0 aliphatic rings. The number of nitrogens with one attached hydrogen (secondary N) is 1. The van der Waals surface area contributed by atoms with Crippen molar-refractivity contribution in [3.05, 3.63) is 0 Å². The molecule has 0 aliphatic heterocycles. The van der Waals surface area contributed by atoms with Gasteiger partial charge in [0.2, 0.25) is 5.91 Å². The van der Waals surface area contributed by atoms with Gasteiger partial charge in [-0.25, -0.2) is 0 Å². The van der Waals surface area contributed by atoms with Crippen molar-refractivity contribution in [3.63, 3.8) is 0 Å². The highest BCUT2D eigenvalue weighted by Crippen LogP contribution is 2.58.